The highest BCUT2D eigenvalue weighted by atomic mass is 16.2. The Labute approximate surface area is 152 Å². The van der Waals surface area contributed by atoms with Crippen LogP contribution >= 0.6 is 0 Å². The summed E-state index contributed by atoms with van der Waals surface area (Å²) in [6.45, 7) is 1.47. The molecule has 7 nitrogen and oxygen atoms in total. The molecule has 1 aliphatic heterocycles. The third kappa shape index (κ3) is 3.12. The lowest BCUT2D eigenvalue weighted by Crippen LogP contribution is -2.44. The third-order valence-corrected chi connectivity index (χ3v) is 4.80. The van der Waals surface area contributed by atoms with Crippen LogP contribution in [0, 0.1) is 0 Å². The van der Waals surface area contributed by atoms with Gasteiger partial charge in [0.25, 0.3) is 0 Å². The van der Waals surface area contributed by atoms with Crippen LogP contribution in [-0.4, -0.2) is 62.6 Å². The fraction of sp³-hybridized carbons (Fsp3) is 0.368. The molecule has 1 fully saturated rings. The Hall–Kier alpha value is -2.96. The Morgan fingerprint density at radius 3 is 2.73 bits per heavy atom. The van der Waals surface area contributed by atoms with E-state index in [0.29, 0.717) is 6.54 Å². The van der Waals surface area contributed by atoms with Crippen molar-refractivity contribution >= 4 is 11.7 Å². The highest BCUT2D eigenvalue weighted by molar-refractivity contribution is 5.74. The fourth-order valence-corrected chi connectivity index (χ4v) is 3.43. The summed E-state index contributed by atoms with van der Waals surface area (Å²) in [5, 5.41) is 4.70. The van der Waals surface area contributed by atoms with Crippen molar-refractivity contribution in [2.24, 2.45) is 0 Å². The molecule has 26 heavy (non-hydrogen) atoms. The number of piperidine rings is 1. The number of aromatic nitrogens is 4. The van der Waals surface area contributed by atoms with Crippen molar-refractivity contribution in [3.05, 3.63) is 48.7 Å². The van der Waals surface area contributed by atoms with E-state index in [4.69, 9.17) is 10.1 Å². The number of fused-ring (bicyclic) bond motifs is 1. The van der Waals surface area contributed by atoms with E-state index in [1.54, 1.807) is 31.4 Å². The Kier molecular flexibility index (Phi) is 4.28. The minimum Gasteiger partial charge on any atom is -0.331 e. The molecule has 0 saturated carbocycles. The number of hydrogen-bond acceptors (Lipinski definition) is 4. The van der Waals surface area contributed by atoms with E-state index in [2.05, 4.69) is 4.98 Å². The van der Waals surface area contributed by atoms with Gasteiger partial charge in [0.15, 0.2) is 11.5 Å². The lowest BCUT2D eigenvalue weighted by atomic mass is 9.98. The van der Waals surface area contributed by atoms with Gasteiger partial charge in [-0.15, -0.1) is 0 Å². The number of amides is 2. The van der Waals surface area contributed by atoms with E-state index in [1.807, 2.05) is 39.9 Å². The quantitative estimate of drug-likeness (QED) is 0.713. The van der Waals surface area contributed by atoms with Gasteiger partial charge < -0.3 is 9.80 Å². The molecule has 3 aromatic heterocycles. The first-order valence-corrected chi connectivity index (χ1v) is 8.85. The molecule has 4 rings (SSSR count). The summed E-state index contributed by atoms with van der Waals surface area (Å²) < 4.78 is 1.83. The second-order valence-electron chi connectivity index (χ2n) is 6.89. The molecule has 0 aromatic carbocycles. The van der Waals surface area contributed by atoms with Gasteiger partial charge in [-0.3, -0.25) is 4.98 Å². The standard InChI is InChI=1S/C19H22N6O/c1-23(2)19(26)24-11-3-4-16(12-24)18-21-17-6-5-15(13-25(17)22-18)14-7-9-20-10-8-14/h5-10,13,16H,3-4,11-12H2,1-2H3/t16-/m1/s1. The second-order valence-corrected chi connectivity index (χ2v) is 6.89. The molecule has 1 atom stereocenters. The monoisotopic (exact) mass is 350 g/mol. The summed E-state index contributed by atoms with van der Waals surface area (Å²) in [6, 6.07) is 8.04. The van der Waals surface area contributed by atoms with Gasteiger partial charge in [-0.25, -0.2) is 14.3 Å². The van der Waals surface area contributed by atoms with Gasteiger partial charge in [0.1, 0.15) is 0 Å². The summed E-state index contributed by atoms with van der Waals surface area (Å²) in [7, 11) is 3.57. The van der Waals surface area contributed by atoms with E-state index in [1.165, 1.54) is 0 Å². The first-order valence-electron chi connectivity index (χ1n) is 8.85. The lowest BCUT2D eigenvalue weighted by molar-refractivity contribution is 0.153. The van der Waals surface area contributed by atoms with Crippen LogP contribution < -0.4 is 0 Å². The van der Waals surface area contributed by atoms with Crippen molar-refractivity contribution in [2.45, 2.75) is 18.8 Å². The molecular weight excluding hydrogens is 328 g/mol. The number of pyridine rings is 2. The number of urea groups is 1. The van der Waals surface area contributed by atoms with E-state index in [9.17, 15) is 4.79 Å². The molecule has 2 amide bonds. The predicted molar refractivity (Wildman–Crippen MR) is 98.8 cm³/mol. The summed E-state index contributed by atoms with van der Waals surface area (Å²) in [6.07, 6.45) is 7.54. The molecule has 0 radical (unpaired) electrons. The van der Waals surface area contributed by atoms with Gasteiger partial charge in [-0.1, -0.05) is 0 Å². The van der Waals surface area contributed by atoms with E-state index in [-0.39, 0.29) is 11.9 Å². The van der Waals surface area contributed by atoms with E-state index in [0.717, 1.165) is 42.0 Å². The van der Waals surface area contributed by atoms with E-state index < -0.39 is 0 Å². The molecule has 0 bridgehead atoms. The largest absolute Gasteiger partial charge is 0.331 e. The zero-order valence-corrected chi connectivity index (χ0v) is 15.0. The summed E-state index contributed by atoms with van der Waals surface area (Å²) >= 11 is 0. The second kappa shape index (κ2) is 6.74. The Morgan fingerprint density at radius 2 is 1.96 bits per heavy atom. The van der Waals surface area contributed by atoms with Crippen LogP contribution in [0.3, 0.4) is 0 Å². The third-order valence-electron chi connectivity index (χ3n) is 4.80. The van der Waals surface area contributed by atoms with Crippen molar-refractivity contribution in [3.8, 4) is 11.1 Å². The van der Waals surface area contributed by atoms with Crippen LogP contribution in [0.4, 0.5) is 4.79 Å². The average Bonchev–Trinajstić information content (AvgIpc) is 3.11. The first-order chi connectivity index (χ1) is 12.6. The number of hydrogen-bond donors (Lipinski definition) is 0. The summed E-state index contributed by atoms with van der Waals surface area (Å²) in [5.41, 5.74) is 3.00. The maximum absolute atomic E-state index is 12.2. The van der Waals surface area contributed by atoms with Gasteiger partial charge in [-0.2, -0.15) is 5.10 Å². The molecule has 3 aromatic rings. The normalized spacial score (nSPS) is 17.5. The first kappa shape index (κ1) is 16.5. The number of carbonyl (C=O) groups excluding carboxylic acids is 1. The minimum absolute atomic E-state index is 0.0541. The maximum atomic E-state index is 12.2. The Bertz CT molecular complexity index is 920. The van der Waals surface area contributed by atoms with Crippen LogP contribution in [0.2, 0.25) is 0 Å². The van der Waals surface area contributed by atoms with Crippen molar-refractivity contribution < 1.29 is 4.79 Å². The number of rotatable bonds is 2. The van der Waals surface area contributed by atoms with Gasteiger partial charge in [-0.05, 0) is 42.7 Å². The molecule has 4 heterocycles. The van der Waals surface area contributed by atoms with Crippen molar-refractivity contribution in [1.29, 1.82) is 0 Å². The minimum atomic E-state index is 0.0541. The van der Waals surface area contributed by atoms with Gasteiger partial charge in [0.05, 0.1) is 0 Å². The molecular formula is C19H22N6O. The molecule has 7 heteroatoms. The molecule has 0 aliphatic carbocycles. The van der Waals surface area contributed by atoms with Gasteiger partial charge in [0, 0.05) is 57.3 Å². The van der Waals surface area contributed by atoms with Crippen molar-refractivity contribution in [2.75, 3.05) is 27.2 Å². The predicted octanol–water partition coefficient (Wildman–Crippen LogP) is 2.65. The zero-order chi connectivity index (χ0) is 18.1. The molecule has 0 unspecified atom stereocenters. The SMILES string of the molecule is CN(C)C(=O)N1CCC[C@@H](c2nc3ccc(-c4ccncc4)cn3n2)C1. The molecule has 1 saturated heterocycles. The van der Waals surface area contributed by atoms with Crippen LogP contribution in [0.5, 0.6) is 0 Å². The lowest BCUT2D eigenvalue weighted by Gasteiger charge is -2.33. The van der Waals surface area contributed by atoms with Crippen LogP contribution in [0.25, 0.3) is 16.8 Å². The van der Waals surface area contributed by atoms with Gasteiger partial charge >= 0.3 is 6.03 Å². The Morgan fingerprint density at radius 1 is 1.15 bits per heavy atom. The van der Waals surface area contributed by atoms with Crippen LogP contribution in [0.1, 0.15) is 24.6 Å². The molecule has 134 valence electrons. The molecule has 0 N–H and O–H groups in total. The number of carbonyl (C=O) groups is 1. The summed E-state index contributed by atoms with van der Waals surface area (Å²) in [4.78, 5) is 24.5. The van der Waals surface area contributed by atoms with E-state index >= 15 is 0 Å². The molecule has 1 aliphatic rings. The van der Waals surface area contributed by atoms with Crippen LogP contribution in [-0.2, 0) is 0 Å². The zero-order valence-electron chi connectivity index (χ0n) is 15.0. The van der Waals surface area contributed by atoms with Crippen molar-refractivity contribution in [3.63, 3.8) is 0 Å². The highest BCUT2D eigenvalue weighted by Crippen LogP contribution is 2.26. The van der Waals surface area contributed by atoms with Gasteiger partial charge in [0.2, 0.25) is 0 Å². The fourth-order valence-electron chi connectivity index (χ4n) is 3.43. The Balaban J connectivity index is 1.60. The maximum Gasteiger partial charge on any atom is 0.319 e. The number of likely N-dealkylation sites (tertiary alicyclic amines) is 1. The molecule has 0 spiro atoms. The summed E-state index contributed by atoms with van der Waals surface area (Å²) in [5.74, 6) is 0.991. The smallest absolute Gasteiger partial charge is 0.319 e. The average molecular weight is 350 g/mol. The topological polar surface area (TPSA) is 66.6 Å². The van der Waals surface area contributed by atoms with Crippen LogP contribution in [0.15, 0.2) is 42.9 Å². The highest BCUT2D eigenvalue weighted by Gasteiger charge is 2.28. The van der Waals surface area contributed by atoms with Crippen molar-refractivity contribution in [1.82, 2.24) is 29.4 Å². The number of nitrogens with zero attached hydrogens (tertiary/aromatic N) is 6.